The lowest BCUT2D eigenvalue weighted by Gasteiger charge is -2.07. The number of phenols is 1. The molecule has 0 atom stereocenters. The molecule has 0 radical (unpaired) electrons. The third-order valence-corrected chi connectivity index (χ3v) is 4.87. The summed E-state index contributed by atoms with van der Waals surface area (Å²) in [4.78, 5) is 18.9. The van der Waals surface area contributed by atoms with Crippen molar-refractivity contribution in [1.29, 1.82) is 0 Å². The highest BCUT2D eigenvalue weighted by molar-refractivity contribution is 8.18. The molecule has 0 unspecified atom stereocenters. The van der Waals surface area contributed by atoms with E-state index in [0.29, 0.717) is 26.4 Å². The summed E-state index contributed by atoms with van der Waals surface area (Å²) in [7, 11) is 3.16. The second-order valence-electron chi connectivity index (χ2n) is 5.28. The van der Waals surface area contributed by atoms with Crippen molar-refractivity contribution in [1.82, 2.24) is 4.90 Å². The topological polar surface area (TPSA) is 62.1 Å². The Bertz CT molecular complexity index is 878. The Balaban J connectivity index is 1.88. The lowest BCUT2D eigenvalue weighted by molar-refractivity contribution is -0.121. The number of methoxy groups -OCH3 is 1. The molecule has 2 aromatic carbocycles. The van der Waals surface area contributed by atoms with Gasteiger partial charge in [-0.1, -0.05) is 17.7 Å². The van der Waals surface area contributed by atoms with Gasteiger partial charge in [0, 0.05) is 12.1 Å². The number of carbonyl (C=O) groups excluding carboxylic acids is 1. The van der Waals surface area contributed by atoms with Crippen LogP contribution in [-0.2, 0) is 4.79 Å². The Kier molecular flexibility index (Phi) is 5.01. The molecular formula is C18H15ClN2O3S. The van der Waals surface area contributed by atoms with E-state index >= 15 is 0 Å². The van der Waals surface area contributed by atoms with Crippen LogP contribution in [0.15, 0.2) is 52.4 Å². The molecule has 1 saturated heterocycles. The molecule has 1 fully saturated rings. The summed E-state index contributed by atoms with van der Waals surface area (Å²) < 4.78 is 5.02. The molecule has 1 heterocycles. The fraction of sp³-hybridized carbons (Fsp3) is 0.111. The number of aliphatic imine (C=N–C) groups is 1. The molecule has 0 aliphatic carbocycles. The molecule has 0 bridgehead atoms. The summed E-state index contributed by atoms with van der Waals surface area (Å²) in [6, 6.07) is 12.0. The highest BCUT2D eigenvalue weighted by Crippen LogP contribution is 2.34. The maximum Gasteiger partial charge on any atom is 0.266 e. The number of halogens is 1. The number of amides is 1. The number of benzene rings is 2. The Hall–Kier alpha value is -2.44. The maximum absolute atomic E-state index is 12.4. The van der Waals surface area contributed by atoms with Crippen molar-refractivity contribution in [2.24, 2.45) is 4.99 Å². The van der Waals surface area contributed by atoms with E-state index in [1.165, 1.54) is 23.8 Å². The number of aromatic hydroxyl groups is 1. The molecule has 0 spiro atoms. The van der Waals surface area contributed by atoms with E-state index in [0.717, 1.165) is 5.69 Å². The molecule has 1 amide bonds. The fourth-order valence-corrected chi connectivity index (χ4v) is 3.34. The molecule has 2 aromatic rings. The molecule has 25 heavy (non-hydrogen) atoms. The van der Waals surface area contributed by atoms with Crippen LogP contribution in [0, 0.1) is 0 Å². The lowest BCUT2D eigenvalue weighted by Crippen LogP contribution is -2.23. The summed E-state index contributed by atoms with van der Waals surface area (Å²) in [6.45, 7) is 0. The van der Waals surface area contributed by atoms with E-state index in [2.05, 4.69) is 4.99 Å². The number of likely N-dealkylation sites (N-methyl/N-ethyl adjacent to an activating group) is 1. The van der Waals surface area contributed by atoms with Crippen molar-refractivity contribution in [3.8, 4) is 11.5 Å². The third kappa shape index (κ3) is 3.81. The van der Waals surface area contributed by atoms with E-state index < -0.39 is 0 Å². The minimum absolute atomic E-state index is 0.0238. The van der Waals surface area contributed by atoms with Crippen LogP contribution in [-0.4, -0.2) is 35.2 Å². The van der Waals surface area contributed by atoms with Crippen LogP contribution in [0.2, 0.25) is 5.02 Å². The number of hydrogen-bond acceptors (Lipinski definition) is 5. The number of nitrogens with zero attached hydrogens (tertiary/aromatic N) is 2. The van der Waals surface area contributed by atoms with E-state index in [9.17, 15) is 9.90 Å². The summed E-state index contributed by atoms with van der Waals surface area (Å²) >= 11 is 7.15. The molecule has 5 nitrogen and oxygen atoms in total. The molecule has 1 aliphatic heterocycles. The van der Waals surface area contributed by atoms with Gasteiger partial charge in [0.2, 0.25) is 0 Å². The van der Waals surface area contributed by atoms with Gasteiger partial charge in [-0.25, -0.2) is 4.99 Å². The standard InChI is InChI=1S/C18H15ClN2O3S/c1-21-17(23)16(10-11-3-8-15(24-2)14(22)9-11)25-18(21)20-13-6-4-12(19)5-7-13/h3-10,22H,1-2H3/b16-10+,20-18?. The first-order valence-electron chi connectivity index (χ1n) is 7.37. The van der Waals surface area contributed by atoms with Gasteiger partial charge in [-0.2, -0.15) is 0 Å². The number of ether oxygens (including phenoxy) is 1. The molecule has 0 aromatic heterocycles. The maximum atomic E-state index is 12.4. The van der Waals surface area contributed by atoms with Gasteiger partial charge in [-0.05, 0) is 59.8 Å². The molecule has 3 rings (SSSR count). The molecule has 1 aliphatic rings. The van der Waals surface area contributed by atoms with Crippen molar-refractivity contribution < 1.29 is 14.6 Å². The number of thioether (sulfide) groups is 1. The number of hydrogen-bond donors (Lipinski definition) is 1. The fourth-order valence-electron chi connectivity index (χ4n) is 2.23. The predicted octanol–water partition coefficient (Wildman–Crippen LogP) is 4.29. The smallest absolute Gasteiger partial charge is 0.266 e. The minimum Gasteiger partial charge on any atom is -0.504 e. The quantitative estimate of drug-likeness (QED) is 0.814. The summed E-state index contributed by atoms with van der Waals surface area (Å²) in [6.07, 6.45) is 1.72. The molecule has 0 saturated carbocycles. The van der Waals surface area contributed by atoms with Gasteiger partial charge < -0.3 is 9.84 Å². The van der Waals surface area contributed by atoms with Crippen LogP contribution in [0.3, 0.4) is 0 Å². The normalized spacial score (nSPS) is 17.6. The summed E-state index contributed by atoms with van der Waals surface area (Å²) in [5.74, 6) is 0.262. The molecule has 128 valence electrons. The van der Waals surface area contributed by atoms with Crippen molar-refractivity contribution >= 4 is 46.2 Å². The van der Waals surface area contributed by atoms with Gasteiger partial charge in [0.1, 0.15) is 0 Å². The van der Waals surface area contributed by atoms with Crippen molar-refractivity contribution in [3.05, 3.63) is 58.0 Å². The Morgan fingerprint density at radius 1 is 1.24 bits per heavy atom. The number of phenolic OH excluding ortho intramolecular Hbond substituents is 1. The van der Waals surface area contributed by atoms with Gasteiger partial charge in [-0.3, -0.25) is 9.69 Å². The first-order chi connectivity index (χ1) is 12.0. The van der Waals surface area contributed by atoms with E-state index in [1.807, 2.05) is 0 Å². The average Bonchev–Trinajstić information content (AvgIpc) is 2.85. The zero-order chi connectivity index (χ0) is 18.0. The Labute approximate surface area is 154 Å². The van der Waals surface area contributed by atoms with Crippen LogP contribution in [0.1, 0.15) is 5.56 Å². The monoisotopic (exact) mass is 374 g/mol. The highest BCUT2D eigenvalue weighted by Gasteiger charge is 2.30. The first-order valence-corrected chi connectivity index (χ1v) is 8.56. The van der Waals surface area contributed by atoms with Gasteiger partial charge in [0.25, 0.3) is 5.91 Å². The number of carbonyl (C=O) groups is 1. The highest BCUT2D eigenvalue weighted by atomic mass is 35.5. The molecule has 1 N–H and O–H groups in total. The average molecular weight is 375 g/mol. The SMILES string of the molecule is COc1ccc(/C=C2/SC(=Nc3ccc(Cl)cc3)N(C)C2=O)cc1O. The number of rotatable bonds is 3. The number of amidine groups is 1. The van der Waals surface area contributed by atoms with Crippen LogP contribution in [0.25, 0.3) is 6.08 Å². The largest absolute Gasteiger partial charge is 0.504 e. The van der Waals surface area contributed by atoms with E-state index in [-0.39, 0.29) is 11.7 Å². The third-order valence-electron chi connectivity index (χ3n) is 3.56. The Morgan fingerprint density at radius 3 is 2.60 bits per heavy atom. The zero-order valence-corrected chi connectivity index (χ0v) is 15.1. The first kappa shape index (κ1) is 17.4. The second kappa shape index (κ2) is 7.21. The van der Waals surface area contributed by atoms with Crippen LogP contribution < -0.4 is 4.74 Å². The van der Waals surface area contributed by atoms with E-state index in [1.54, 1.807) is 55.6 Å². The van der Waals surface area contributed by atoms with Gasteiger partial charge >= 0.3 is 0 Å². The van der Waals surface area contributed by atoms with Crippen molar-refractivity contribution in [3.63, 3.8) is 0 Å². The second-order valence-corrected chi connectivity index (χ2v) is 6.72. The van der Waals surface area contributed by atoms with Gasteiger partial charge in [0.15, 0.2) is 16.7 Å². The van der Waals surface area contributed by atoms with Crippen LogP contribution in [0.4, 0.5) is 5.69 Å². The summed E-state index contributed by atoms with van der Waals surface area (Å²) in [5.41, 5.74) is 1.42. The van der Waals surface area contributed by atoms with Crippen molar-refractivity contribution in [2.75, 3.05) is 14.2 Å². The Morgan fingerprint density at radius 2 is 1.96 bits per heavy atom. The lowest BCUT2D eigenvalue weighted by atomic mass is 10.2. The zero-order valence-electron chi connectivity index (χ0n) is 13.6. The molecule has 7 heteroatoms. The summed E-state index contributed by atoms with van der Waals surface area (Å²) in [5, 5.41) is 11.1. The van der Waals surface area contributed by atoms with Crippen LogP contribution in [0.5, 0.6) is 11.5 Å². The van der Waals surface area contributed by atoms with Gasteiger partial charge in [0.05, 0.1) is 17.7 Å². The van der Waals surface area contributed by atoms with E-state index in [4.69, 9.17) is 16.3 Å². The van der Waals surface area contributed by atoms with Gasteiger partial charge in [-0.15, -0.1) is 0 Å². The molecular weight excluding hydrogens is 360 g/mol. The minimum atomic E-state index is -0.145. The predicted molar refractivity (Wildman–Crippen MR) is 102 cm³/mol. The van der Waals surface area contributed by atoms with Crippen molar-refractivity contribution in [2.45, 2.75) is 0 Å². The van der Waals surface area contributed by atoms with Crippen LogP contribution >= 0.6 is 23.4 Å².